The molecule has 2 aromatic rings. The summed E-state index contributed by atoms with van der Waals surface area (Å²) >= 11 is 0. The molecule has 112 valence electrons. The standard InChI is InChI=1S/C16H17F3N2/c1-21(11-13-3-2-4-15(20)9-13)10-12-5-7-14(8-6-12)16(17,18)19/h2-9H,10-11,20H2,1H3. The Morgan fingerprint density at radius 3 is 2.14 bits per heavy atom. The zero-order valence-corrected chi connectivity index (χ0v) is 11.7. The Morgan fingerprint density at radius 1 is 0.952 bits per heavy atom. The summed E-state index contributed by atoms with van der Waals surface area (Å²) in [4.78, 5) is 2.03. The minimum Gasteiger partial charge on any atom is -0.399 e. The molecule has 0 saturated heterocycles. The molecule has 2 nitrogen and oxygen atoms in total. The smallest absolute Gasteiger partial charge is 0.399 e. The normalized spacial score (nSPS) is 11.9. The van der Waals surface area contributed by atoms with E-state index in [1.807, 2.05) is 36.2 Å². The summed E-state index contributed by atoms with van der Waals surface area (Å²) < 4.78 is 37.5. The van der Waals surface area contributed by atoms with Crippen molar-refractivity contribution in [1.29, 1.82) is 0 Å². The number of rotatable bonds is 4. The zero-order chi connectivity index (χ0) is 15.5. The summed E-state index contributed by atoms with van der Waals surface area (Å²) in [7, 11) is 1.92. The van der Waals surface area contributed by atoms with Gasteiger partial charge in [-0.25, -0.2) is 0 Å². The van der Waals surface area contributed by atoms with E-state index in [4.69, 9.17) is 5.73 Å². The second-order valence-electron chi connectivity index (χ2n) is 5.11. The summed E-state index contributed by atoms with van der Waals surface area (Å²) in [5.41, 5.74) is 7.72. The molecule has 0 aliphatic rings. The van der Waals surface area contributed by atoms with Gasteiger partial charge in [0.05, 0.1) is 5.56 Å². The molecule has 0 bridgehead atoms. The Kier molecular flexibility index (Phi) is 4.53. The predicted molar refractivity (Wildman–Crippen MR) is 77.5 cm³/mol. The van der Waals surface area contributed by atoms with Gasteiger partial charge in [-0.3, -0.25) is 4.90 Å². The Labute approximate surface area is 122 Å². The first-order valence-electron chi connectivity index (χ1n) is 6.54. The minimum atomic E-state index is -4.29. The maximum absolute atomic E-state index is 12.5. The van der Waals surface area contributed by atoms with Crippen molar-refractivity contribution < 1.29 is 13.2 Å². The van der Waals surface area contributed by atoms with Crippen molar-refractivity contribution in [2.45, 2.75) is 19.3 Å². The van der Waals surface area contributed by atoms with Crippen molar-refractivity contribution in [3.05, 3.63) is 65.2 Å². The molecule has 0 spiro atoms. The molecule has 2 aromatic carbocycles. The van der Waals surface area contributed by atoms with Gasteiger partial charge in [0.2, 0.25) is 0 Å². The first-order valence-corrected chi connectivity index (χ1v) is 6.54. The van der Waals surface area contributed by atoms with Gasteiger partial charge in [-0.1, -0.05) is 24.3 Å². The van der Waals surface area contributed by atoms with Crippen LogP contribution in [0.3, 0.4) is 0 Å². The molecular weight excluding hydrogens is 277 g/mol. The van der Waals surface area contributed by atoms with Gasteiger partial charge in [-0.15, -0.1) is 0 Å². The van der Waals surface area contributed by atoms with Crippen molar-refractivity contribution in [1.82, 2.24) is 4.90 Å². The highest BCUT2D eigenvalue weighted by Gasteiger charge is 2.29. The molecule has 21 heavy (non-hydrogen) atoms. The number of nitrogens with zero attached hydrogens (tertiary/aromatic N) is 1. The van der Waals surface area contributed by atoms with E-state index in [1.165, 1.54) is 12.1 Å². The first-order chi connectivity index (χ1) is 9.84. The van der Waals surface area contributed by atoms with Crippen LogP contribution >= 0.6 is 0 Å². The van der Waals surface area contributed by atoms with Crippen LogP contribution in [0.1, 0.15) is 16.7 Å². The van der Waals surface area contributed by atoms with Gasteiger partial charge in [0, 0.05) is 18.8 Å². The highest BCUT2D eigenvalue weighted by molar-refractivity contribution is 5.40. The number of hydrogen-bond donors (Lipinski definition) is 1. The second-order valence-corrected chi connectivity index (χ2v) is 5.11. The minimum absolute atomic E-state index is 0.576. The summed E-state index contributed by atoms with van der Waals surface area (Å²) in [6, 6.07) is 12.8. The lowest BCUT2D eigenvalue weighted by Crippen LogP contribution is -2.17. The molecule has 2 rings (SSSR count). The Hall–Kier alpha value is -2.01. The fourth-order valence-corrected chi connectivity index (χ4v) is 2.17. The molecule has 0 heterocycles. The molecule has 2 N–H and O–H groups in total. The maximum atomic E-state index is 12.5. The van der Waals surface area contributed by atoms with Crippen LogP contribution in [0, 0.1) is 0 Å². The number of nitrogen functional groups attached to an aromatic ring is 1. The highest BCUT2D eigenvalue weighted by atomic mass is 19.4. The maximum Gasteiger partial charge on any atom is 0.416 e. The van der Waals surface area contributed by atoms with Crippen molar-refractivity contribution in [2.24, 2.45) is 0 Å². The van der Waals surface area contributed by atoms with E-state index < -0.39 is 11.7 Å². The fourth-order valence-electron chi connectivity index (χ4n) is 2.17. The summed E-state index contributed by atoms with van der Waals surface area (Å²) in [6.07, 6.45) is -4.29. The number of anilines is 1. The van der Waals surface area contributed by atoms with Crippen LogP contribution in [0.4, 0.5) is 18.9 Å². The molecule has 0 radical (unpaired) electrons. The van der Waals surface area contributed by atoms with E-state index in [-0.39, 0.29) is 0 Å². The van der Waals surface area contributed by atoms with Gasteiger partial charge in [-0.05, 0) is 42.4 Å². The van der Waals surface area contributed by atoms with Crippen LogP contribution in [0.25, 0.3) is 0 Å². The predicted octanol–water partition coefficient (Wildman–Crippen LogP) is 3.92. The molecule has 0 aliphatic carbocycles. The molecule has 0 fully saturated rings. The van der Waals surface area contributed by atoms with E-state index in [1.54, 1.807) is 0 Å². The first kappa shape index (κ1) is 15.4. The lowest BCUT2D eigenvalue weighted by molar-refractivity contribution is -0.137. The average Bonchev–Trinajstić information content (AvgIpc) is 2.38. The van der Waals surface area contributed by atoms with E-state index in [0.29, 0.717) is 18.8 Å². The Morgan fingerprint density at radius 2 is 1.57 bits per heavy atom. The lowest BCUT2D eigenvalue weighted by atomic mass is 10.1. The lowest BCUT2D eigenvalue weighted by Gasteiger charge is -2.17. The second kappa shape index (κ2) is 6.18. The molecule has 0 aliphatic heterocycles. The van der Waals surface area contributed by atoms with Gasteiger partial charge in [0.25, 0.3) is 0 Å². The van der Waals surface area contributed by atoms with Gasteiger partial charge >= 0.3 is 6.18 Å². The third kappa shape index (κ3) is 4.49. The fraction of sp³-hybridized carbons (Fsp3) is 0.250. The van der Waals surface area contributed by atoms with Crippen LogP contribution in [-0.4, -0.2) is 11.9 Å². The van der Waals surface area contributed by atoms with Crippen LogP contribution < -0.4 is 5.73 Å². The number of hydrogen-bond acceptors (Lipinski definition) is 2. The van der Waals surface area contributed by atoms with E-state index in [9.17, 15) is 13.2 Å². The van der Waals surface area contributed by atoms with E-state index >= 15 is 0 Å². The molecule has 0 amide bonds. The third-order valence-electron chi connectivity index (χ3n) is 3.14. The molecule has 0 saturated carbocycles. The van der Waals surface area contributed by atoms with Crippen LogP contribution in [0.5, 0.6) is 0 Å². The zero-order valence-electron chi connectivity index (χ0n) is 11.7. The molecule has 0 aromatic heterocycles. The van der Waals surface area contributed by atoms with Crippen molar-refractivity contribution >= 4 is 5.69 Å². The van der Waals surface area contributed by atoms with Crippen LogP contribution in [-0.2, 0) is 19.3 Å². The van der Waals surface area contributed by atoms with E-state index in [2.05, 4.69) is 0 Å². The number of benzene rings is 2. The molecule has 0 atom stereocenters. The molecule has 0 unspecified atom stereocenters. The number of alkyl halides is 3. The van der Waals surface area contributed by atoms with Gasteiger partial charge in [0.15, 0.2) is 0 Å². The third-order valence-corrected chi connectivity index (χ3v) is 3.14. The van der Waals surface area contributed by atoms with Crippen molar-refractivity contribution in [3.63, 3.8) is 0 Å². The largest absolute Gasteiger partial charge is 0.416 e. The molecule has 5 heteroatoms. The molecular formula is C16H17F3N2. The number of nitrogens with two attached hydrogens (primary N) is 1. The monoisotopic (exact) mass is 294 g/mol. The van der Waals surface area contributed by atoms with Gasteiger partial charge < -0.3 is 5.73 Å². The topological polar surface area (TPSA) is 29.3 Å². The van der Waals surface area contributed by atoms with Crippen molar-refractivity contribution in [3.8, 4) is 0 Å². The number of halogens is 3. The summed E-state index contributed by atoms with van der Waals surface area (Å²) in [5.74, 6) is 0. The van der Waals surface area contributed by atoms with Gasteiger partial charge in [-0.2, -0.15) is 13.2 Å². The van der Waals surface area contributed by atoms with Gasteiger partial charge in [0.1, 0.15) is 0 Å². The van der Waals surface area contributed by atoms with E-state index in [0.717, 1.165) is 23.3 Å². The highest BCUT2D eigenvalue weighted by Crippen LogP contribution is 2.29. The quantitative estimate of drug-likeness (QED) is 0.866. The Balaban J connectivity index is 1.98. The average molecular weight is 294 g/mol. The Bertz CT molecular complexity index is 591. The van der Waals surface area contributed by atoms with Crippen molar-refractivity contribution in [2.75, 3.05) is 12.8 Å². The SMILES string of the molecule is CN(Cc1ccc(C(F)(F)F)cc1)Cc1cccc(N)c1. The summed E-state index contributed by atoms with van der Waals surface area (Å²) in [5, 5.41) is 0. The van der Waals surface area contributed by atoms with Crippen LogP contribution in [0.15, 0.2) is 48.5 Å². The summed E-state index contributed by atoms with van der Waals surface area (Å²) in [6.45, 7) is 1.26. The van der Waals surface area contributed by atoms with Crippen LogP contribution in [0.2, 0.25) is 0 Å².